The minimum absolute atomic E-state index is 0.0770. The Morgan fingerprint density at radius 3 is 2.52 bits per heavy atom. The van der Waals surface area contributed by atoms with Crippen LogP contribution in [-0.4, -0.2) is 47.1 Å². The van der Waals surface area contributed by atoms with Crippen molar-refractivity contribution in [1.82, 2.24) is 0 Å². The Bertz CT molecular complexity index is 732. The van der Waals surface area contributed by atoms with Gasteiger partial charge in [-0.2, -0.15) is 0 Å². The molecule has 29 heavy (non-hydrogen) atoms. The van der Waals surface area contributed by atoms with Gasteiger partial charge in [0.05, 0.1) is 13.2 Å². The lowest BCUT2D eigenvalue weighted by Crippen LogP contribution is -2.54. The highest BCUT2D eigenvalue weighted by Gasteiger charge is 2.57. The molecular formula is C23H34O6. The Hall–Kier alpha value is -1.79. The lowest BCUT2D eigenvalue weighted by atomic mass is 9.46. The van der Waals surface area contributed by atoms with Crippen LogP contribution in [0.4, 0.5) is 0 Å². The van der Waals surface area contributed by atoms with Gasteiger partial charge in [-0.1, -0.05) is 31.9 Å². The van der Waals surface area contributed by atoms with Crippen LogP contribution in [0.3, 0.4) is 0 Å². The molecule has 6 nitrogen and oxygen atoms in total. The van der Waals surface area contributed by atoms with Gasteiger partial charge in [0.1, 0.15) is 11.9 Å². The molecule has 4 atom stereocenters. The summed E-state index contributed by atoms with van der Waals surface area (Å²) in [5, 5.41) is 18.1. The lowest BCUT2D eigenvalue weighted by Gasteiger charge is -2.56. The molecule has 0 bridgehead atoms. The van der Waals surface area contributed by atoms with Crippen molar-refractivity contribution in [3.63, 3.8) is 0 Å². The molecule has 0 aromatic carbocycles. The van der Waals surface area contributed by atoms with Crippen LogP contribution >= 0.6 is 0 Å². The normalized spacial score (nSPS) is 32.8. The van der Waals surface area contributed by atoms with Gasteiger partial charge >= 0.3 is 5.97 Å². The maximum absolute atomic E-state index is 12.9. The van der Waals surface area contributed by atoms with Gasteiger partial charge in [0.15, 0.2) is 5.78 Å². The van der Waals surface area contributed by atoms with E-state index in [9.17, 15) is 14.4 Å². The zero-order valence-corrected chi connectivity index (χ0v) is 18.2. The summed E-state index contributed by atoms with van der Waals surface area (Å²) in [5.74, 6) is -0.346. The minimum Gasteiger partial charge on any atom is -0.454 e. The predicted octanol–water partition coefficient (Wildman–Crippen LogP) is 2.77. The topological polar surface area (TPSA) is 101 Å². The molecule has 1 fully saturated rings. The number of aliphatic hydroxyl groups is 2. The lowest BCUT2D eigenvalue weighted by molar-refractivity contribution is -0.147. The van der Waals surface area contributed by atoms with E-state index in [2.05, 4.69) is 13.8 Å². The summed E-state index contributed by atoms with van der Waals surface area (Å²) in [4.78, 5) is 37.1. The number of rotatable bonds is 7. The summed E-state index contributed by atoms with van der Waals surface area (Å²) in [6.07, 6.45) is 4.32. The van der Waals surface area contributed by atoms with Gasteiger partial charge in [0, 0.05) is 24.8 Å². The maximum Gasteiger partial charge on any atom is 0.331 e. The van der Waals surface area contributed by atoms with Gasteiger partial charge in [0.25, 0.3) is 0 Å². The Morgan fingerprint density at radius 1 is 1.31 bits per heavy atom. The number of esters is 1. The van der Waals surface area contributed by atoms with Crippen molar-refractivity contribution in [3.8, 4) is 0 Å². The van der Waals surface area contributed by atoms with Crippen LogP contribution in [0.1, 0.15) is 60.3 Å². The Balaban J connectivity index is 2.20. The van der Waals surface area contributed by atoms with E-state index in [-0.39, 0.29) is 34.2 Å². The third kappa shape index (κ3) is 4.69. The number of allylic oxidation sites excluding steroid dienone is 3. The Kier molecular flexibility index (Phi) is 7.23. The van der Waals surface area contributed by atoms with E-state index >= 15 is 0 Å². The first-order valence-corrected chi connectivity index (χ1v) is 10.3. The summed E-state index contributed by atoms with van der Waals surface area (Å²) < 4.78 is 4.98. The van der Waals surface area contributed by atoms with Crippen LogP contribution in [0.5, 0.6) is 0 Å². The highest BCUT2D eigenvalue weighted by molar-refractivity contribution is 5.93. The Labute approximate surface area is 173 Å². The molecule has 1 saturated carbocycles. The molecule has 0 aromatic heterocycles. The van der Waals surface area contributed by atoms with Gasteiger partial charge in [-0.15, -0.1) is 0 Å². The first kappa shape index (κ1) is 23.5. The molecule has 6 heteroatoms. The first-order chi connectivity index (χ1) is 13.5. The largest absolute Gasteiger partial charge is 0.454 e. The number of ether oxygens (including phenoxy) is 1. The molecule has 0 saturated heterocycles. The van der Waals surface area contributed by atoms with E-state index in [1.807, 2.05) is 20.8 Å². The molecule has 0 aromatic rings. The number of aliphatic hydroxyl groups excluding tert-OH is 2. The summed E-state index contributed by atoms with van der Waals surface area (Å²) >= 11 is 0. The average Bonchev–Trinajstić information content (AvgIpc) is 2.65. The predicted molar refractivity (Wildman–Crippen MR) is 109 cm³/mol. The second kappa shape index (κ2) is 8.92. The molecule has 4 unspecified atom stereocenters. The fourth-order valence-corrected chi connectivity index (χ4v) is 5.04. The quantitative estimate of drug-likeness (QED) is 0.498. The second-order valence-corrected chi connectivity index (χ2v) is 9.25. The molecular weight excluding hydrogens is 372 g/mol. The molecule has 2 aliphatic carbocycles. The van der Waals surface area contributed by atoms with E-state index in [4.69, 9.17) is 14.9 Å². The van der Waals surface area contributed by atoms with Crippen molar-refractivity contribution < 1.29 is 29.3 Å². The number of hydrogen-bond acceptors (Lipinski definition) is 6. The minimum atomic E-state index is -0.927. The van der Waals surface area contributed by atoms with Crippen LogP contribution < -0.4 is 0 Å². The van der Waals surface area contributed by atoms with E-state index in [1.54, 1.807) is 6.08 Å². The van der Waals surface area contributed by atoms with Gasteiger partial charge in [-0.3, -0.25) is 9.59 Å². The fourth-order valence-electron chi connectivity index (χ4n) is 5.04. The fraction of sp³-hybridized carbons (Fsp3) is 0.696. The van der Waals surface area contributed by atoms with Crippen molar-refractivity contribution in [3.05, 3.63) is 23.3 Å². The molecule has 2 rings (SSSR count). The molecule has 0 spiro atoms. The van der Waals surface area contributed by atoms with Crippen molar-refractivity contribution >= 4 is 17.5 Å². The van der Waals surface area contributed by atoms with E-state index in [1.165, 1.54) is 6.08 Å². The highest BCUT2D eigenvalue weighted by Crippen LogP contribution is 2.60. The summed E-state index contributed by atoms with van der Waals surface area (Å²) in [6, 6.07) is 0. The smallest absolute Gasteiger partial charge is 0.331 e. The second-order valence-electron chi connectivity index (χ2n) is 9.25. The third-order valence-corrected chi connectivity index (χ3v) is 7.37. The van der Waals surface area contributed by atoms with Crippen LogP contribution in [-0.2, 0) is 19.1 Å². The van der Waals surface area contributed by atoms with Gasteiger partial charge < -0.3 is 14.9 Å². The monoisotopic (exact) mass is 406 g/mol. The van der Waals surface area contributed by atoms with Crippen LogP contribution in [0, 0.1) is 22.7 Å². The number of ketones is 2. The average molecular weight is 407 g/mol. The highest BCUT2D eigenvalue weighted by atomic mass is 16.6. The van der Waals surface area contributed by atoms with E-state index < -0.39 is 25.3 Å². The van der Waals surface area contributed by atoms with Crippen LogP contribution in [0.25, 0.3) is 0 Å². The number of hydrogen-bond donors (Lipinski definition) is 2. The molecule has 162 valence electrons. The number of Topliss-reactive ketones (excluding diaryl/α,β-unsaturated/α-hetero) is 1. The van der Waals surface area contributed by atoms with Crippen LogP contribution in [0.2, 0.25) is 0 Å². The van der Waals surface area contributed by atoms with Crippen molar-refractivity contribution in [2.45, 2.75) is 66.4 Å². The van der Waals surface area contributed by atoms with Crippen molar-refractivity contribution in [2.75, 3.05) is 13.2 Å². The van der Waals surface area contributed by atoms with Crippen LogP contribution in [0.15, 0.2) is 23.3 Å². The number of fused-ring (bicyclic) bond motifs is 1. The maximum atomic E-state index is 12.9. The molecule has 0 amide bonds. The summed E-state index contributed by atoms with van der Waals surface area (Å²) in [7, 11) is 0. The van der Waals surface area contributed by atoms with Crippen molar-refractivity contribution in [1.29, 1.82) is 0 Å². The van der Waals surface area contributed by atoms with E-state index in [0.29, 0.717) is 25.7 Å². The Morgan fingerprint density at radius 2 is 1.93 bits per heavy atom. The molecule has 0 radical (unpaired) electrons. The first-order valence-electron chi connectivity index (χ1n) is 10.3. The molecule has 2 N–H and O–H groups in total. The number of carbonyl (C=O) groups excluding carboxylic acids is 3. The van der Waals surface area contributed by atoms with Gasteiger partial charge in [0.2, 0.25) is 0 Å². The van der Waals surface area contributed by atoms with Crippen molar-refractivity contribution in [2.24, 2.45) is 22.7 Å². The third-order valence-electron chi connectivity index (χ3n) is 7.37. The summed E-state index contributed by atoms with van der Waals surface area (Å²) in [5.41, 5.74) is 1.12. The zero-order chi connectivity index (χ0) is 22.0. The standard InChI is InChI=1S/C23H34O6/c1-14(8-21(28)29-18(12-24)13-25)6-7-22(4)16(3)19(27)11-23(5)15(2)9-17(26)10-20(22)23/h8-9,16,18,20,24-25H,6-7,10-13H2,1-5H3. The SMILES string of the molecule is CC(=CC(=O)OC(CO)CO)CCC1(C)C(C)C(=O)CC2(C)C(C)=CC(=O)CC21. The molecule has 2 aliphatic rings. The summed E-state index contributed by atoms with van der Waals surface area (Å²) in [6.45, 7) is 9.06. The number of carbonyl (C=O) groups is 3. The molecule has 0 aliphatic heterocycles. The van der Waals surface area contributed by atoms with Gasteiger partial charge in [-0.25, -0.2) is 4.79 Å². The van der Waals surface area contributed by atoms with E-state index in [0.717, 1.165) is 11.1 Å². The zero-order valence-electron chi connectivity index (χ0n) is 18.2. The van der Waals surface area contributed by atoms with Gasteiger partial charge in [-0.05, 0) is 49.5 Å². The molecule has 0 heterocycles.